The van der Waals surface area contributed by atoms with E-state index in [1.807, 2.05) is 4.90 Å². The predicted molar refractivity (Wildman–Crippen MR) is 385 cm³/mol. The van der Waals surface area contributed by atoms with Crippen molar-refractivity contribution in [3.63, 3.8) is 0 Å². The van der Waals surface area contributed by atoms with Crippen LogP contribution in [-0.4, -0.2) is 217 Å². The molecule has 108 heavy (non-hydrogen) atoms. The zero-order valence-electron chi connectivity index (χ0n) is 59.0. The first-order chi connectivity index (χ1) is 51.4. The maximum absolute atomic E-state index is 15.3. The van der Waals surface area contributed by atoms with Crippen LogP contribution in [0.3, 0.4) is 0 Å². The number of carbonyl (C=O) groups is 10. The molecule has 3 aromatic heterocycles. The van der Waals surface area contributed by atoms with E-state index in [0.717, 1.165) is 21.6 Å². The van der Waals surface area contributed by atoms with Gasteiger partial charge in [0.25, 0.3) is 0 Å². The van der Waals surface area contributed by atoms with Crippen molar-refractivity contribution in [1.29, 1.82) is 0 Å². The molecule has 8 amide bonds. The molecular formula is C70H90N16O19S2Tc. The van der Waals surface area contributed by atoms with Gasteiger partial charge >= 0.3 is 45.8 Å². The van der Waals surface area contributed by atoms with Crippen molar-refractivity contribution in [2.75, 3.05) is 31.2 Å². The number of rotatable bonds is 32. The molecule has 11 atom stereocenters. The number of hydrogen-bond donors (Lipinski definition) is 17. The summed E-state index contributed by atoms with van der Waals surface area (Å²) < 4.78 is 25.8. The molecular weight excluding hydrogens is 1530 g/mol. The second-order valence-electron chi connectivity index (χ2n) is 24.7. The summed E-state index contributed by atoms with van der Waals surface area (Å²) in [5.41, 5.74) is 14.7. The van der Waals surface area contributed by atoms with Crippen LogP contribution in [-0.2, 0) is 127 Å². The minimum absolute atomic E-state index is 0. The van der Waals surface area contributed by atoms with Crippen molar-refractivity contribution in [3.05, 3.63) is 158 Å². The number of carbonyl (C=O) groups excluding carboxylic acids is 8. The first kappa shape index (κ1) is 92.7. The van der Waals surface area contributed by atoms with Gasteiger partial charge in [-0.15, -0.1) is 0 Å². The van der Waals surface area contributed by atoms with Crippen LogP contribution in [0.25, 0.3) is 10.9 Å². The number of nitrogens with one attached hydrogen (secondary N) is 9. The molecule has 1 radical (unpaired) electrons. The third kappa shape index (κ3) is 30.6. The number of nitrogens with zero attached hydrogens (tertiary/aromatic N) is 5. The number of nitrogens with two attached hydrogens (primary N) is 2. The summed E-state index contributed by atoms with van der Waals surface area (Å²) >= 11 is 0. The quantitative estimate of drug-likeness (QED) is 0.0101. The summed E-state index contributed by atoms with van der Waals surface area (Å²) in [7, 11) is 1.85. The maximum atomic E-state index is 15.3. The molecule has 1 saturated heterocycles. The number of para-hydroxylation sites is 1. The van der Waals surface area contributed by atoms with Gasteiger partial charge in [0.05, 0.1) is 44.2 Å². The molecule has 1 fully saturated rings. The molecule has 35 nitrogen and oxygen atoms in total. The Hall–Kier alpha value is -9.55. The topological polar surface area (TPSA) is 555 Å². The Labute approximate surface area is 643 Å². The number of aliphatic hydroxyl groups is 3. The van der Waals surface area contributed by atoms with E-state index in [1.165, 1.54) is 50.5 Å². The number of amides is 8. The second kappa shape index (κ2) is 49.4. The van der Waals surface area contributed by atoms with Gasteiger partial charge in [-0.25, -0.2) is 9.97 Å². The Bertz CT molecular complexity index is 3840. The number of aromatic hydroxyl groups is 1. The summed E-state index contributed by atoms with van der Waals surface area (Å²) in [5.74, 6) is -9.66. The Balaban J connectivity index is 0.00000421. The van der Waals surface area contributed by atoms with Gasteiger partial charge in [-0.05, 0) is 87.4 Å². The number of unbranched alkanes of at least 4 members (excludes halogenated alkanes) is 2. The van der Waals surface area contributed by atoms with Crippen LogP contribution in [0.5, 0.6) is 5.75 Å². The zero-order valence-corrected chi connectivity index (χ0v) is 62.5. The predicted octanol–water partition coefficient (Wildman–Crippen LogP) is -1.30. The number of H-pyrrole nitrogens is 1. The zero-order chi connectivity index (χ0) is 79.1. The number of carboxylic acids is 2. The number of hydrogen-bond acceptors (Lipinski definition) is 21. The number of aromatic nitrogens is 5. The van der Waals surface area contributed by atoms with E-state index in [1.54, 1.807) is 82.3 Å². The fourth-order valence-corrected chi connectivity index (χ4v) is 13.4. The molecule has 0 unspecified atom stereocenters. The summed E-state index contributed by atoms with van der Waals surface area (Å²) in [6, 6.07) is 8.35. The number of phenolic OH excluding ortho intramolecular Hbond substituents is 1. The third-order valence-corrected chi connectivity index (χ3v) is 19.1. The van der Waals surface area contributed by atoms with Crippen molar-refractivity contribution in [1.82, 2.24) is 71.5 Å². The SMILES string of the molecule is C[C@@H](O)[C@@H]1NC(=O)[C@H](CCCCN)NC(=O)[C@@H](Cc2c[nH]c3ccccc23)NC(=O)[C@H](Cc2ccc(O)cc2)NC(=O)[C@@H](NC(=O)[C@@H](Cc2ccccc2)NC(=O)[C@@H](N)CCCCN(Cn2ccnc2CC(=O)O)Cn2ccnc2CC(=O)O)CSSC[C@@H](C(=O)N[C@H](CO)[C@@H](C)O)NC1=O.[99Tc].[C-]#[O+].[C-]#[O+].[C-]#[O+]. The van der Waals surface area contributed by atoms with E-state index >= 15 is 14.4 Å². The first-order valence-corrected chi connectivity index (χ1v) is 36.1. The third-order valence-electron chi connectivity index (χ3n) is 16.7. The summed E-state index contributed by atoms with van der Waals surface area (Å²) in [4.78, 5) is 154. The number of aromatic amines is 1. The molecule has 38 heteroatoms. The Kier molecular flexibility index (Phi) is 42.4. The van der Waals surface area contributed by atoms with Crippen LogP contribution in [0.2, 0.25) is 0 Å². The molecule has 19 N–H and O–H groups in total. The average molecular weight is 1620 g/mol. The van der Waals surface area contributed by atoms with E-state index in [0.29, 0.717) is 53.4 Å². The Morgan fingerprint density at radius 3 is 1.82 bits per heavy atom. The molecule has 6 aromatic rings. The van der Waals surface area contributed by atoms with Gasteiger partial charge in [0, 0.05) is 99.3 Å². The van der Waals surface area contributed by atoms with E-state index < -0.39 is 132 Å². The van der Waals surface area contributed by atoms with E-state index in [9.17, 15) is 64.2 Å². The summed E-state index contributed by atoms with van der Waals surface area (Å²) in [5, 5.41) is 83.1. The standard InChI is InChI=1S/C67H90N16O16S2.3CO.Tc/c1-39(85)52(34-84)77-66(98)54-36-101-100-35-53(78-63(95)49(28-41-12-4-3-5-13-41)74-60(92)46(69)15-9-11-25-81(37-82-26-23-70-55(82)31-57(88)89)38-83-27-24-71-56(83)32-58(90)91)65(97)75-50(29-42-18-20-44(87)21-19-42)62(94)76-51(30-43-33-72-47-16-7-6-14-45(43)47)64(96)73-48(17-8-10-22-68)61(93)80-59(40(2)86)67(99)79-54;3*1-2;/h3-7,12-14,16,18-21,23-24,26-27,33,39-40,46,48-54,59,72,84-87H,8-11,15,17,22,25,28-32,34-38,68-69H2,1-2H3,(H,73,96)(H,74,92)(H,75,97)(H,76,94)(H,77,98)(H,78,95)(H,79,99)(H,80,93)(H,88,89)(H,90,91);;;;/t39-,40-,46+,48+,49-,50+,51-,52-,53+,54+,59+;;;;/m1..../s1/i;;;;1+1. The van der Waals surface area contributed by atoms with Gasteiger partial charge in [0.15, 0.2) is 0 Å². The molecule has 583 valence electrons. The van der Waals surface area contributed by atoms with Gasteiger partial charge in [0.1, 0.15) is 72.5 Å². The fourth-order valence-electron chi connectivity index (χ4n) is 11.1. The molecule has 0 aliphatic carbocycles. The number of phenols is 1. The Morgan fingerprint density at radius 1 is 0.676 bits per heavy atom. The molecule has 0 spiro atoms. The number of benzene rings is 3. The van der Waals surface area contributed by atoms with Crippen LogP contribution >= 0.6 is 21.6 Å². The summed E-state index contributed by atoms with van der Waals surface area (Å²) in [6.07, 6.45) is 5.16. The number of aliphatic hydroxyl groups excluding tert-OH is 3. The van der Waals surface area contributed by atoms with Crippen LogP contribution in [0.4, 0.5) is 0 Å². The van der Waals surface area contributed by atoms with Crippen molar-refractivity contribution in [2.24, 2.45) is 11.5 Å². The first-order valence-electron chi connectivity index (χ1n) is 33.6. The molecule has 4 heterocycles. The molecule has 0 bridgehead atoms. The van der Waals surface area contributed by atoms with Crippen LogP contribution in [0.15, 0.2) is 110 Å². The van der Waals surface area contributed by atoms with Crippen molar-refractivity contribution in [3.8, 4) is 5.75 Å². The molecule has 7 rings (SSSR count). The fraction of sp³-hybridized carbons (Fsp3) is 0.443. The van der Waals surface area contributed by atoms with Gasteiger partial charge in [0.2, 0.25) is 47.3 Å². The van der Waals surface area contributed by atoms with Gasteiger partial charge in [-0.1, -0.05) is 88.7 Å². The molecule has 3 aromatic carbocycles. The van der Waals surface area contributed by atoms with E-state index in [4.69, 9.17) is 25.4 Å². The monoisotopic (exact) mass is 1620 g/mol. The van der Waals surface area contributed by atoms with Crippen LogP contribution in [0, 0.1) is 20.0 Å². The number of aliphatic carboxylic acids is 2. The van der Waals surface area contributed by atoms with Gasteiger partial charge in [-0.2, -0.15) is 0 Å². The normalized spacial score (nSPS) is 18.6. The van der Waals surface area contributed by atoms with E-state index in [2.05, 4.69) is 77.4 Å². The van der Waals surface area contributed by atoms with Gasteiger partial charge < -0.3 is 98.8 Å². The van der Waals surface area contributed by atoms with Crippen molar-refractivity contribution < 1.29 is 113 Å². The van der Waals surface area contributed by atoms with Crippen molar-refractivity contribution in [2.45, 2.75) is 164 Å². The molecule has 1 aliphatic rings. The average Bonchev–Trinajstić information content (AvgIpc) is 1.60. The number of imidazole rings is 2. The van der Waals surface area contributed by atoms with Gasteiger partial charge in [-0.3, -0.25) is 52.8 Å². The van der Waals surface area contributed by atoms with Crippen molar-refractivity contribution >= 4 is 91.7 Å². The van der Waals surface area contributed by atoms with E-state index in [-0.39, 0.29) is 120 Å². The molecule has 0 saturated carbocycles. The second-order valence-corrected chi connectivity index (χ2v) is 27.2. The Morgan fingerprint density at radius 2 is 1.24 bits per heavy atom. The van der Waals surface area contributed by atoms with Crippen LogP contribution < -0.4 is 54.0 Å². The number of carboxylic acid groups (broad SMARTS) is 2. The molecule has 1 aliphatic heterocycles. The summed E-state index contributed by atoms with van der Waals surface area (Å²) in [6.45, 7) is 16.2. The van der Waals surface area contributed by atoms with Crippen LogP contribution in [0.1, 0.15) is 80.7 Å². The minimum atomic E-state index is -1.76. The number of fused-ring (bicyclic) bond motifs is 1.